The Kier molecular flexibility index (Phi) is 18.7. The van der Waals surface area contributed by atoms with Gasteiger partial charge in [0.15, 0.2) is 30.4 Å². The first-order valence-corrected chi connectivity index (χ1v) is 23.3. The molecule has 0 aromatic rings. The van der Waals surface area contributed by atoms with Crippen LogP contribution in [0.4, 0.5) is 4.79 Å². The van der Waals surface area contributed by atoms with Crippen LogP contribution in [0.5, 0.6) is 0 Å². The minimum absolute atomic E-state index is 0.118. The van der Waals surface area contributed by atoms with E-state index < -0.39 is 96.1 Å². The van der Waals surface area contributed by atoms with Gasteiger partial charge in [0, 0.05) is 44.6 Å². The Morgan fingerprint density at radius 3 is 2.17 bits per heavy atom. The van der Waals surface area contributed by atoms with Crippen LogP contribution in [0, 0.1) is 17.8 Å². The first kappa shape index (κ1) is 53.4. The van der Waals surface area contributed by atoms with Gasteiger partial charge in [-0.1, -0.05) is 34.6 Å². The van der Waals surface area contributed by atoms with E-state index in [2.05, 4.69) is 9.80 Å². The summed E-state index contributed by atoms with van der Waals surface area (Å²) < 4.78 is 56.7. The quantitative estimate of drug-likeness (QED) is 0.196. The molecular weight excluding hydrogens is 819 g/mol. The average molecular weight is 902 g/mol. The van der Waals surface area contributed by atoms with Crippen molar-refractivity contribution in [3.05, 3.63) is 0 Å². The Morgan fingerprint density at radius 1 is 0.937 bits per heavy atom. The largest absolute Gasteiger partial charge is 0.509 e. The van der Waals surface area contributed by atoms with E-state index in [0.29, 0.717) is 25.9 Å². The maximum absolute atomic E-state index is 14.7. The lowest BCUT2D eigenvalue weighted by Gasteiger charge is -2.49. The lowest BCUT2D eigenvalue weighted by atomic mass is 9.77. The van der Waals surface area contributed by atoms with E-state index in [4.69, 9.17) is 42.6 Å². The molecule has 17 heteroatoms. The number of ether oxygens (including phenoxy) is 9. The molecule has 17 nitrogen and oxygen atoms in total. The summed E-state index contributed by atoms with van der Waals surface area (Å²) in [6, 6.07) is -0.657. The monoisotopic (exact) mass is 902 g/mol. The van der Waals surface area contributed by atoms with Crippen molar-refractivity contribution >= 4 is 18.1 Å². The first-order chi connectivity index (χ1) is 29.4. The van der Waals surface area contributed by atoms with Crippen molar-refractivity contribution in [2.24, 2.45) is 17.8 Å². The van der Waals surface area contributed by atoms with Crippen LogP contribution in [-0.4, -0.2) is 188 Å². The van der Waals surface area contributed by atoms with Gasteiger partial charge >= 0.3 is 18.1 Å². The van der Waals surface area contributed by atoms with Gasteiger partial charge in [-0.15, -0.1) is 0 Å². The second kappa shape index (κ2) is 22.1. The van der Waals surface area contributed by atoms with Gasteiger partial charge in [-0.3, -0.25) is 14.5 Å². The molecule has 0 radical (unpaired) electrons. The average Bonchev–Trinajstić information content (AvgIpc) is 3.52. The van der Waals surface area contributed by atoms with Gasteiger partial charge in [-0.2, -0.15) is 0 Å². The summed E-state index contributed by atoms with van der Waals surface area (Å²) in [6.07, 6.45) is -8.12. The Balaban J connectivity index is 1.78. The fraction of sp³-hybridized carbons (Fsp3) is 0.935. The normalized spacial score (nSPS) is 43.7. The maximum atomic E-state index is 14.7. The number of methoxy groups -OCH3 is 1. The van der Waals surface area contributed by atoms with Crippen molar-refractivity contribution in [2.45, 2.75) is 205 Å². The van der Waals surface area contributed by atoms with E-state index >= 15 is 0 Å². The van der Waals surface area contributed by atoms with Crippen molar-refractivity contribution in [1.29, 1.82) is 0 Å². The van der Waals surface area contributed by atoms with Gasteiger partial charge < -0.3 is 62.6 Å². The number of esters is 2. The van der Waals surface area contributed by atoms with E-state index in [1.807, 2.05) is 81.4 Å². The summed E-state index contributed by atoms with van der Waals surface area (Å²) in [5.41, 5.74) is -3.97. The van der Waals surface area contributed by atoms with Crippen LogP contribution in [0.3, 0.4) is 0 Å². The van der Waals surface area contributed by atoms with Gasteiger partial charge in [0.1, 0.15) is 17.8 Å². The SMILES string of the molecule is CC[C@H]1OC(=O)[C@H](C)[C@@H](O[C@H]2C[C@@](C)(OC)[C@@H](OC(=O)CCN(CC)CC)[C@H](C)O2)[C@H](C)[C@@H](O[C@@H]2O[C@H](C)CC(N(C)C)[C@H]2O)[C@](C)(O)C[C@@H](C)CN(C)[C@H](C)[C@H]2OC(=O)O[C@@]21C. The highest BCUT2D eigenvalue weighted by atomic mass is 16.8. The zero-order chi connectivity index (χ0) is 47.4. The van der Waals surface area contributed by atoms with Gasteiger partial charge in [-0.05, 0) is 108 Å². The molecule has 63 heavy (non-hydrogen) atoms. The number of aliphatic hydroxyl groups is 2. The molecule has 1 unspecified atom stereocenters. The molecule has 0 aromatic carbocycles. The summed E-state index contributed by atoms with van der Waals surface area (Å²) in [5, 5.41) is 24.5. The van der Waals surface area contributed by atoms with Crippen molar-refractivity contribution in [2.75, 3.05) is 54.4 Å². The molecule has 4 heterocycles. The third-order valence-corrected chi connectivity index (χ3v) is 14.4. The number of rotatable bonds is 13. The molecular formula is C46H83N3O14. The summed E-state index contributed by atoms with van der Waals surface area (Å²) in [4.78, 5) is 46.9. The molecule has 0 aliphatic carbocycles. The fourth-order valence-electron chi connectivity index (χ4n) is 10.5. The molecule has 18 atom stereocenters. The zero-order valence-corrected chi connectivity index (χ0v) is 41.2. The molecule has 4 aliphatic heterocycles. The van der Waals surface area contributed by atoms with E-state index in [1.54, 1.807) is 34.8 Å². The molecule has 4 rings (SSSR count). The summed E-state index contributed by atoms with van der Waals surface area (Å²) in [7, 11) is 7.25. The number of nitrogens with zero attached hydrogens (tertiary/aromatic N) is 3. The number of hydrogen-bond donors (Lipinski definition) is 2. The van der Waals surface area contributed by atoms with E-state index in [0.717, 1.165) is 13.1 Å². The Morgan fingerprint density at radius 2 is 1.59 bits per heavy atom. The van der Waals surface area contributed by atoms with Crippen LogP contribution in [0.2, 0.25) is 0 Å². The molecule has 366 valence electrons. The minimum atomic E-state index is -1.58. The van der Waals surface area contributed by atoms with Gasteiger partial charge in [0.05, 0.1) is 42.4 Å². The summed E-state index contributed by atoms with van der Waals surface area (Å²) in [5.74, 6) is -2.95. The van der Waals surface area contributed by atoms with Crippen LogP contribution in [0.15, 0.2) is 0 Å². The van der Waals surface area contributed by atoms with E-state index in [9.17, 15) is 24.6 Å². The van der Waals surface area contributed by atoms with Crippen LogP contribution < -0.4 is 0 Å². The molecule has 0 spiro atoms. The molecule has 4 aliphatic rings. The van der Waals surface area contributed by atoms with E-state index in [1.165, 1.54) is 0 Å². The molecule has 0 saturated carbocycles. The molecule has 4 fully saturated rings. The van der Waals surface area contributed by atoms with Crippen molar-refractivity contribution in [1.82, 2.24) is 14.7 Å². The second-order valence-corrected chi connectivity index (χ2v) is 19.8. The predicted octanol–water partition coefficient (Wildman–Crippen LogP) is 4.37. The lowest BCUT2D eigenvalue weighted by molar-refractivity contribution is -0.318. The van der Waals surface area contributed by atoms with Crippen molar-refractivity contribution < 1.29 is 67.2 Å². The Hall–Kier alpha value is -2.19. The lowest BCUT2D eigenvalue weighted by Crippen LogP contribution is -2.61. The van der Waals surface area contributed by atoms with Crippen LogP contribution in [-0.2, 0) is 52.2 Å². The zero-order valence-electron chi connectivity index (χ0n) is 41.2. The predicted molar refractivity (Wildman–Crippen MR) is 234 cm³/mol. The minimum Gasteiger partial charge on any atom is -0.458 e. The first-order valence-electron chi connectivity index (χ1n) is 23.3. The number of aliphatic hydroxyl groups excluding tert-OH is 1. The Bertz CT molecular complexity index is 1500. The van der Waals surface area contributed by atoms with Gasteiger partial charge in [0.25, 0.3) is 0 Å². The summed E-state index contributed by atoms with van der Waals surface area (Å²) in [6.45, 7) is 25.1. The van der Waals surface area contributed by atoms with Crippen molar-refractivity contribution in [3.8, 4) is 0 Å². The Labute approximate surface area is 377 Å². The third-order valence-electron chi connectivity index (χ3n) is 14.4. The number of carbonyl (C=O) groups excluding carboxylic acids is 3. The number of fused-ring (bicyclic) bond motifs is 1. The highest BCUT2D eigenvalue weighted by Gasteiger charge is 2.58. The maximum Gasteiger partial charge on any atom is 0.509 e. The molecule has 2 N–H and O–H groups in total. The molecule has 0 bridgehead atoms. The molecule has 4 saturated heterocycles. The third kappa shape index (κ3) is 12.4. The van der Waals surface area contributed by atoms with Crippen LogP contribution in [0.1, 0.15) is 115 Å². The van der Waals surface area contributed by atoms with Crippen LogP contribution >= 0.6 is 0 Å². The standard InChI is InChI=1S/C46H83N3O14/c1-17-33-46(12)39(62-43(53)63-46)30(8)48(15)25-26(4)23-44(10,54)38(61-42-36(51)32(47(13)14)22-27(5)56-42)28(6)37(29(7)41(52)58-33)60-35-24-45(11,55-16)40(31(9)57-35)59-34(50)20-21-49(18-2)19-3/h26-33,35-40,42,51,54H,17-25H2,1-16H3/t26-,27-,28+,29-,30-,31+,32?,33-,35+,36-,37+,38-,39-,40+,42+,44-,45-,46-/m1/s1. The number of hydrogen-bond acceptors (Lipinski definition) is 17. The number of likely N-dealkylation sites (N-methyl/N-ethyl adjacent to an activating group) is 2. The van der Waals surface area contributed by atoms with E-state index in [-0.39, 0.29) is 49.3 Å². The molecule has 0 aromatic heterocycles. The number of carbonyl (C=O) groups is 3. The van der Waals surface area contributed by atoms with Crippen molar-refractivity contribution in [3.63, 3.8) is 0 Å². The summed E-state index contributed by atoms with van der Waals surface area (Å²) >= 11 is 0. The number of cyclic esters (lactones) is 1. The van der Waals surface area contributed by atoms with Gasteiger partial charge in [-0.25, -0.2) is 4.79 Å². The van der Waals surface area contributed by atoms with Crippen LogP contribution in [0.25, 0.3) is 0 Å². The topological polar surface area (TPSA) is 184 Å². The molecule has 0 amide bonds. The highest BCUT2D eigenvalue weighted by Crippen LogP contribution is 2.42. The highest BCUT2D eigenvalue weighted by molar-refractivity contribution is 5.73. The smallest absolute Gasteiger partial charge is 0.458 e. The second-order valence-electron chi connectivity index (χ2n) is 19.8. The van der Waals surface area contributed by atoms with Gasteiger partial charge in [0.2, 0.25) is 0 Å². The fourth-order valence-corrected chi connectivity index (χ4v) is 10.5.